The Hall–Kier alpha value is -2.00. The summed E-state index contributed by atoms with van der Waals surface area (Å²) in [6, 6.07) is 0. The van der Waals surface area contributed by atoms with Crippen LogP contribution in [0.1, 0.15) is 36.9 Å². The fourth-order valence-corrected chi connectivity index (χ4v) is 4.93. The lowest BCUT2D eigenvalue weighted by atomic mass is 9.96. The number of aryl methyl sites for hydroxylation is 1. The molecule has 2 aromatic rings. The molecule has 1 amide bonds. The first-order valence-electron chi connectivity index (χ1n) is 10.1. The molecule has 1 saturated heterocycles. The molecule has 0 radical (unpaired) electrons. The summed E-state index contributed by atoms with van der Waals surface area (Å²) >= 11 is 1.48. The molecule has 4 rings (SSSR count). The van der Waals surface area contributed by atoms with E-state index in [1.807, 2.05) is 14.1 Å². The predicted molar refractivity (Wildman–Crippen MR) is 110 cm³/mol. The smallest absolute Gasteiger partial charge is 0.278 e. The average Bonchev–Trinajstić information content (AvgIpc) is 3.12. The quantitative estimate of drug-likeness (QED) is 0.798. The monoisotopic (exact) mass is 404 g/mol. The number of hydrogen-bond acceptors (Lipinski definition) is 7. The second kappa shape index (κ2) is 8.16. The lowest BCUT2D eigenvalue weighted by Gasteiger charge is -2.30. The van der Waals surface area contributed by atoms with Crippen LogP contribution in [0.25, 0.3) is 4.96 Å². The van der Waals surface area contributed by atoms with Gasteiger partial charge in [-0.1, -0.05) is 11.3 Å². The lowest BCUT2D eigenvalue weighted by Crippen LogP contribution is -2.42. The third kappa shape index (κ3) is 3.91. The van der Waals surface area contributed by atoms with Gasteiger partial charge in [-0.25, -0.2) is 4.98 Å². The zero-order valence-electron chi connectivity index (χ0n) is 16.6. The molecule has 0 saturated carbocycles. The van der Waals surface area contributed by atoms with Gasteiger partial charge in [0.15, 0.2) is 0 Å². The van der Waals surface area contributed by atoms with Crippen molar-refractivity contribution in [1.29, 1.82) is 0 Å². The van der Waals surface area contributed by atoms with Crippen LogP contribution in [0.15, 0.2) is 4.79 Å². The van der Waals surface area contributed by atoms with Crippen molar-refractivity contribution < 1.29 is 4.79 Å². The molecule has 1 aliphatic carbocycles. The molecule has 1 aliphatic heterocycles. The number of likely N-dealkylation sites (N-methyl/N-ethyl adjacent to an activating group) is 1. The van der Waals surface area contributed by atoms with Crippen LogP contribution in [0, 0.1) is 5.92 Å². The van der Waals surface area contributed by atoms with Crippen LogP contribution in [0.3, 0.4) is 0 Å². The van der Waals surface area contributed by atoms with Gasteiger partial charge < -0.3 is 15.1 Å². The van der Waals surface area contributed by atoms with Gasteiger partial charge in [-0.3, -0.25) is 9.59 Å². The van der Waals surface area contributed by atoms with E-state index >= 15 is 0 Å². The summed E-state index contributed by atoms with van der Waals surface area (Å²) in [5.74, 6) is 0.206. The van der Waals surface area contributed by atoms with E-state index in [0.717, 1.165) is 74.5 Å². The highest BCUT2D eigenvalue weighted by Crippen LogP contribution is 2.28. The van der Waals surface area contributed by atoms with Gasteiger partial charge in [-0.2, -0.15) is 4.52 Å². The third-order valence-corrected chi connectivity index (χ3v) is 6.63. The summed E-state index contributed by atoms with van der Waals surface area (Å²) in [5, 5.41) is 8.43. The minimum atomic E-state index is -0.00245. The van der Waals surface area contributed by atoms with Crippen LogP contribution in [0.5, 0.6) is 0 Å². The van der Waals surface area contributed by atoms with Crippen LogP contribution in [0.4, 0.5) is 5.13 Å². The van der Waals surface area contributed by atoms with Crippen LogP contribution in [-0.4, -0.2) is 65.7 Å². The Morgan fingerprint density at radius 3 is 2.75 bits per heavy atom. The summed E-state index contributed by atoms with van der Waals surface area (Å²) in [6.45, 7) is 3.09. The van der Waals surface area contributed by atoms with E-state index in [4.69, 9.17) is 4.98 Å². The first-order chi connectivity index (χ1) is 13.5. The molecule has 8 nitrogen and oxygen atoms in total. The number of nitrogens with zero attached hydrogens (tertiary/aromatic N) is 5. The Kier molecular flexibility index (Phi) is 5.63. The Morgan fingerprint density at radius 2 is 2.00 bits per heavy atom. The number of piperidine rings is 1. The van der Waals surface area contributed by atoms with E-state index < -0.39 is 0 Å². The van der Waals surface area contributed by atoms with Crippen LogP contribution >= 0.6 is 11.3 Å². The van der Waals surface area contributed by atoms with Gasteiger partial charge in [0.25, 0.3) is 5.56 Å². The molecule has 9 heteroatoms. The normalized spacial score (nSPS) is 17.9. The van der Waals surface area contributed by atoms with Crippen molar-refractivity contribution in [2.75, 3.05) is 45.2 Å². The van der Waals surface area contributed by atoms with E-state index in [0.29, 0.717) is 11.5 Å². The van der Waals surface area contributed by atoms with Crippen molar-refractivity contribution in [1.82, 2.24) is 24.8 Å². The van der Waals surface area contributed by atoms with Crippen molar-refractivity contribution in [3.05, 3.63) is 21.6 Å². The van der Waals surface area contributed by atoms with Gasteiger partial charge in [0.1, 0.15) is 0 Å². The number of aromatic nitrogens is 3. The van der Waals surface area contributed by atoms with E-state index in [1.54, 1.807) is 0 Å². The summed E-state index contributed by atoms with van der Waals surface area (Å²) in [6.07, 6.45) is 5.47. The van der Waals surface area contributed by atoms with E-state index in [9.17, 15) is 9.59 Å². The summed E-state index contributed by atoms with van der Waals surface area (Å²) in [4.78, 5) is 34.7. The summed E-state index contributed by atoms with van der Waals surface area (Å²) in [7, 11) is 4.00. The maximum atomic E-state index is 12.8. The average molecular weight is 405 g/mol. The minimum absolute atomic E-state index is 0.00245. The molecular weight excluding hydrogens is 376 g/mol. The molecule has 0 aromatic carbocycles. The van der Waals surface area contributed by atoms with E-state index in [1.165, 1.54) is 15.9 Å². The number of anilines is 1. The van der Waals surface area contributed by atoms with Gasteiger partial charge in [-0.15, -0.1) is 5.10 Å². The summed E-state index contributed by atoms with van der Waals surface area (Å²) < 4.78 is 1.48. The van der Waals surface area contributed by atoms with Crippen molar-refractivity contribution in [3.8, 4) is 0 Å². The maximum absolute atomic E-state index is 12.8. The topological polar surface area (TPSA) is 82.8 Å². The van der Waals surface area contributed by atoms with Gasteiger partial charge in [0.05, 0.1) is 5.69 Å². The Balaban J connectivity index is 1.42. The van der Waals surface area contributed by atoms with Crippen LogP contribution in [0.2, 0.25) is 0 Å². The predicted octanol–water partition coefficient (Wildman–Crippen LogP) is 0.924. The largest absolute Gasteiger partial charge is 0.355 e. The van der Waals surface area contributed by atoms with Gasteiger partial charge in [-0.05, 0) is 52.6 Å². The molecule has 152 valence electrons. The van der Waals surface area contributed by atoms with Crippen molar-refractivity contribution in [2.24, 2.45) is 5.92 Å². The lowest BCUT2D eigenvalue weighted by molar-refractivity contribution is -0.125. The zero-order chi connectivity index (χ0) is 19.7. The first kappa shape index (κ1) is 19.3. The molecule has 0 unspecified atom stereocenters. The van der Waals surface area contributed by atoms with Crippen molar-refractivity contribution in [2.45, 2.75) is 38.5 Å². The van der Waals surface area contributed by atoms with Crippen molar-refractivity contribution in [3.63, 3.8) is 0 Å². The molecule has 2 aromatic heterocycles. The number of rotatable bonds is 5. The standard InChI is InChI=1S/C19H28N6O2S/c1-23(2)12-9-20-16(26)13-7-10-24(11-8-13)19-22-25-17(27)14-5-3-4-6-15(14)21-18(25)28-19/h13H,3-12H2,1-2H3,(H,20,26). The number of nitrogens with one attached hydrogen (secondary N) is 1. The molecule has 28 heavy (non-hydrogen) atoms. The van der Waals surface area contributed by atoms with E-state index in [-0.39, 0.29) is 17.4 Å². The van der Waals surface area contributed by atoms with Gasteiger partial charge >= 0.3 is 0 Å². The maximum Gasteiger partial charge on any atom is 0.278 e. The second-order valence-electron chi connectivity index (χ2n) is 7.98. The summed E-state index contributed by atoms with van der Waals surface area (Å²) in [5.41, 5.74) is 1.80. The number of amides is 1. The fourth-order valence-electron chi connectivity index (χ4n) is 3.97. The highest BCUT2D eigenvalue weighted by Gasteiger charge is 2.27. The minimum Gasteiger partial charge on any atom is -0.355 e. The molecular formula is C19H28N6O2S. The number of fused-ring (bicyclic) bond motifs is 2. The first-order valence-corrected chi connectivity index (χ1v) is 10.9. The zero-order valence-corrected chi connectivity index (χ0v) is 17.4. The van der Waals surface area contributed by atoms with Gasteiger partial charge in [0, 0.05) is 37.7 Å². The number of hydrogen-bond donors (Lipinski definition) is 1. The van der Waals surface area contributed by atoms with Crippen molar-refractivity contribution >= 4 is 27.3 Å². The molecule has 3 heterocycles. The van der Waals surface area contributed by atoms with Crippen LogP contribution in [-0.2, 0) is 17.6 Å². The number of carbonyl (C=O) groups excluding carboxylic acids is 1. The number of carbonyl (C=O) groups is 1. The molecule has 0 spiro atoms. The van der Waals surface area contributed by atoms with Gasteiger partial charge in [0.2, 0.25) is 16.0 Å². The molecule has 1 fully saturated rings. The Morgan fingerprint density at radius 1 is 1.25 bits per heavy atom. The second-order valence-corrected chi connectivity index (χ2v) is 8.92. The third-order valence-electron chi connectivity index (χ3n) is 5.66. The molecule has 0 bridgehead atoms. The molecule has 1 N–H and O–H groups in total. The fraction of sp³-hybridized carbons (Fsp3) is 0.684. The molecule has 0 atom stereocenters. The van der Waals surface area contributed by atoms with Crippen LogP contribution < -0.4 is 15.8 Å². The Labute approximate surface area is 168 Å². The highest BCUT2D eigenvalue weighted by molar-refractivity contribution is 7.20. The SMILES string of the molecule is CN(C)CCNC(=O)C1CCN(c2nn3c(=O)c4c(nc3s2)CCCC4)CC1. The Bertz CT molecular complexity index is 913. The van der Waals surface area contributed by atoms with E-state index in [2.05, 4.69) is 20.2 Å². The molecule has 2 aliphatic rings. The highest BCUT2D eigenvalue weighted by atomic mass is 32.1.